The summed E-state index contributed by atoms with van der Waals surface area (Å²) in [7, 11) is 1.51. The molecule has 0 aliphatic heterocycles. The highest BCUT2D eigenvalue weighted by atomic mass is 19.1. The van der Waals surface area contributed by atoms with Gasteiger partial charge in [-0.05, 0) is 54.6 Å². The van der Waals surface area contributed by atoms with Crippen molar-refractivity contribution in [2.75, 3.05) is 17.7 Å². The van der Waals surface area contributed by atoms with Crippen LogP contribution in [0.15, 0.2) is 77.2 Å². The van der Waals surface area contributed by atoms with Crippen LogP contribution in [-0.4, -0.2) is 18.9 Å². The number of ether oxygens (including phenoxy) is 1. The summed E-state index contributed by atoms with van der Waals surface area (Å²) in [5, 5.41) is 6.00. The molecule has 2 amide bonds. The largest absolute Gasteiger partial charge is 0.497 e. The monoisotopic (exact) mass is 404 g/mol. The van der Waals surface area contributed by atoms with E-state index in [1.54, 1.807) is 48.5 Å². The van der Waals surface area contributed by atoms with E-state index in [0.717, 1.165) is 0 Å². The molecular formula is C23H17FN2O4. The molecule has 2 N–H and O–H groups in total. The Kier molecular flexibility index (Phi) is 5.17. The predicted octanol–water partition coefficient (Wildman–Crippen LogP) is 5.09. The predicted molar refractivity (Wildman–Crippen MR) is 112 cm³/mol. The topological polar surface area (TPSA) is 80.6 Å². The van der Waals surface area contributed by atoms with E-state index in [-0.39, 0.29) is 11.4 Å². The molecule has 6 nitrogen and oxygen atoms in total. The minimum Gasteiger partial charge on any atom is -0.497 e. The van der Waals surface area contributed by atoms with Gasteiger partial charge in [-0.1, -0.05) is 18.2 Å². The fourth-order valence-corrected chi connectivity index (χ4v) is 3.00. The average Bonchev–Trinajstić information content (AvgIpc) is 3.14. The van der Waals surface area contributed by atoms with Crippen molar-refractivity contribution in [3.8, 4) is 5.75 Å². The van der Waals surface area contributed by atoms with Crippen molar-refractivity contribution < 1.29 is 23.1 Å². The smallest absolute Gasteiger partial charge is 0.293 e. The summed E-state index contributed by atoms with van der Waals surface area (Å²) in [4.78, 5) is 25.7. The minimum absolute atomic E-state index is 0.0585. The molecule has 0 spiro atoms. The second kappa shape index (κ2) is 8.08. The van der Waals surface area contributed by atoms with Gasteiger partial charge in [0.1, 0.15) is 22.8 Å². The quantitative estimate of drug-likeness (QED) is 0.486. The van der Waals surface area contributed by atoms with Crippen molar-refractivity contribution in [1.29, 1.82) is 0 Å². The van der Waals surface area contributed by atoms with Crippen LogP contribution in [0, 0.1) is 5.82 Å². The van der Waals surface area contributed by atoms with Crippen LogP contribution in [0.1, 0.15) is 20.9 Å². The molecule has 0 radical (unpaired) electrons. The molecule has 0 saturated carbocycles. The molecule has 0 aliphatic rings. The molecule has 0 fully saturated rings. The zero-order valence-corrected chi connectivity index (χ0v) is 15.9. The van der Waals surface area contributed by atoms with Crippen molar-refractivity contribution in [2.45, 2.75) is 0 Å². The lowest BCUT2D eigenvalue weighted by Crippen LogP contribution is -2.17. The molecule has 0 saturated heterocycles. The maximum Gasteiger partial charge on any atom is 0.293 e. The molecule has 0 unspecified atom stereocenters. The first-order valence-electron chi connectivity index (χ1n) is 9.09. The van der Waals surface area contributed by atoms with E-state index in [4.69, 9.17) is 9.15 Å². The number of carbonyl (C=O) groups is 2. The van der Waals surface area contributed by atoms with Gasteiger partial charge < -0.3 is 19.8 Å². The van der Waals surface area contributed by atoms with E-state index in [9.17, 15) is 14.0 Å². The van der Waals surface area contributed by atoms with Crippen molar-refractivity contribution in [2.24, 2.45) is 0 Å². The molecule has 30 heavy (non-hydrogen) atoms. The third-order valence-corrected chi connectivity index (χ3v) is 4.47. The number of furan rings is 1. The summed E-state index contributed by atoms with van der Waals surface area (Å²) in [6.07, 6.45) is 0. The van der Waals surface area contributed by atoms with Gasteiger partial charge >= 0.3 is 0 Å². The van der Waals surface area contributed by atoms with Crippen LogP contribution in [-0.2, 0) is 0 Å². The summed E-state index contributed by atoms with van der Waals surface area (Å²) < 4.78 is 24.0. The molecule has 4 rings (SSSR count). The van der Waals surface area contributed by atoms with Crippen molar-refractivity contribution in [3.05, 3.63) is 89.9 Å². The number of methoxy groups -OCH3 is 1. The summed E-state index contributed by atoms with van der Waals surface area (Å²) in [5.41, 5.74) is 1.46. The number of benzene rings is 3. The zero-order valence-electron chi connectivity index (χ0n) is 15.9. The Hall–Kier alpha value is -4.13. The second-order valence-electron chi connectivity index (χ2n) is 6.45. The molecule has 1 heterocycles. The van der Waals surface area contributed by atoms with Gasteiger partial charge in [0.2, 0.25) is 5.76 Å². The fourth-order valence-electron chi connectivity index (χ4n) is 3.00. The van der Waals surface area contributed by atoms with Crippen LogP contribution < -0.4 is 15.4 Å². The van der Waals surface area contributed by atoms with Crippen LogP contribution in [0.3, 0.4) is 0 Å². The van der Waals surface area contributed by atoms with Gasteiger partial charge in [-0.2, -0.15) is 0 Å². The third-order valence-electron chi connectivity index (χ3n) is 4.47. The summed E-state index contributed by atoms with van der Waals surface area (Å²) in [6.45, 7) is 0. The van der Waals surface area contributed by atoms with Crippen LogP contribution in [0.4, 0.5) is 15.8 Å². The molecule has 0 aliphatic carbocycles. The maximum absolute atomic E-state index is 13.1. The van der Waals surface area contributed by atoms with Gasteiger partial charge in [-0.3, -0.25) is 9.59 Å². The summed E-state index contributed by atoms with van der Waals surface area (Å²) >= 11 is 0. The number of hydrogen-bond acceptors (Lipinski definition) is 4. The number of anilines is 2. The van der Waals surface area contributed by atoms with Gasteiger partial charge in [0, 0.05) is 16.6 Å². The maximum atomic E-state index is 13.1. The highest BCUT2D eigenvalue weighted by Crippen LogP contribution is 2.32. The first kappa shape index (κ1) is 19.2. The number of amides is 2. The second-order valence-corrected chi connectivity index (χ2v) is 6.45. The van der Waals surface area contributed by atoms with E-state index in [1.807, 2.05) is 0 Å². The van der Waals surface area contributed by atoms with E-state index in [1.165, 1.54) is 31.4 Å². The average molecular weight is 404 g/mol. The van der Waals surface area contributed by atoms with Gasteiger partial charge in [0.25, 0.3) is 11.8 Å². The van der Waals surface area contributed by atoms with Gasteiger partial charge in [0.05, 0.1) is 7.11 Å². The SMILES string of the molecule is COc1cccc(C(=O)Nc2c(C(=O)Nc3ccc(F)cc3)oc3ccccc23)c1. The normalized spacial score (nSPS) is 10.6. The Morgan fingerprint density at radius 2 is 1.67 bits per heavy atom. The number of carbonyl (C=O) groups excluding carboxylic acids is 2. The Labute approximate surface area is 171 Å². The number of fused-ring (bicyclic) bond motifs is 1. The zero-order chi connectivity index (χ0) is 21.1. The highest BCUT2D eigenvalue weighted by Gasteiger charge is 2.23. The molecular weight excluding hydrogens is 387 g/mol. The number of rotatable bonds is 5. The van der Waals surface area contributed by atoms with Crippen LogP contribution in [0.5, 0.6) is 5.75 Å². The molecule has 1 aromatic heterocycles. The number of nitrogens with one attached hydrogen (secondary N) is 2. The van der Waals surface area contributed by atoms with Crippen molar-refractivity contribution in [3.63, 3.8) is 0 Å². The molecule has 0 atom stereocenters. The lowest BCUT2D eigenvalue weighted by Gasteiger charge is -2.08. The van der Waals surface area contributed by atoms with E-state index < -0.39 is 17.6 Å². The molecule has 7 heteroatoms. The van der Waals surface area contributed by atoms with E-state index in [2.05, 4.69) is 10.6 Å². The Bertz CT molecular complexity index is 1230. The number of hydrogen-bond donors (Lipinski definition) is 2. The molecule has 3 aromatic carbocycles. The standard InChI is InChI=1S/C23H17FN2O4/c1-29-17-6-4-5-14(13-17)22(27)26-20-18-7-2-3-8-19(18)30-21(20)23(28)25-16-11-9-15(24)10-12-16/h2-13H,1H3,(H,25,28)(H,26,27). The highest BCUT2D eigenvalue weighted by molar-refractivity contribution is 6.16. The Morgan fingerprint density at radius 3 is 2.43 bits per heavy atom. The summed E-state index contributed by atoms with van der Waals surface area (Å²) in [6, 6.07) is 19.0. The van der Waals surface area contributed by atoms with Crippen molar-refractivity contribution in [1.82, 2.24) is 0 Å². The number of para-hydroxylation sites is 1. The lowest BCUT2D eigenvalue weighted by molar-refractivity contribution is 0.0999. The fraction of sp³-hybridized carbons (Fsp3) is 0.0435. The Morgan fingerprint density at radius 1 is 0.900 bits per heavy atom. The molecule has 4 aromatic rings. The minimum atomic E-state index is -0.571. The van der Waals surface area contributed by atoms with Crippen molar-refractivity contribution >= 4 is 34.2 Å². The lowest BCUT2D eigenvalue weighted by atomic mass is 10.1. The first-order chi connectivity index (χ1) is 14.5. The molecule has 150 valence electrons. The summed E-state index contributed by atoms with van der Waals surface area (Å²) in [5.74, 6) is -0.927. The van der Waals surface area contributed by atoms with Gasteiger partial charge in [0.15, 0.2) is 0 Å². The Balaban J connectivity index is 1.68. The van der Waals surface area contributed by atoms with E-state index >= 15 is 0 Å². The van der Waals surface area contributed by atoms with Gasteiger partial charge in [-0.15, -0.1) is 0 Å². The number of halogens is 1. The first-order valence-corrected chi connectivity index (χ1v) is 9.09. The molecule has 0 bridgehead atoms. The van der Waals surface area contributed by atoms with Crippen LogP contribution in [0.2, 0.25) is 0 Å². The van der Waals surface area contributed by atoms with Gasteiger partial charge in [-0.25, -0.2) is 4.39 Å². The third kappa shape index (κ3) is 3.86. The van der Waals surface area contributed by atoms with Crippen LogP contribution >= 0.6 is 0 Å². The van der Waals surface area contributed by atoms with Crippen LogP contribution in [0.25, 0.3) is 11.0 Å². The van der Waals surface area contributed by atoms with E-state index in [0.29, 0.717) is 28.0 Å².